The second-order valence-electron chi connectivity index (χ2n) is 6.88. The van der Waals surface area contributed by atoms with E-state index in [0.29, 0.717) is 0 Å². The Morgan fingerprint density at radius 3 is 2.38 bits per heavy atom. The van der Waals surface area contributed by atoms with E-state index in [4.69, 9.17) is 9.47 Å². The van der Waals surface area contributed by atoms with E-state index < -0.39 is 40.0 Å². The van der Waals surface area contributed by atoms with Gasteiger partial charge >= 0.3 is 11.9 Å². The summed E-state index contributed by atoms with van der Waals surface area (Å²) in [6, 6.07) is 14.3. The summed E-state index contributed by atoms with van der Waals surface area (Å²) in [7, 11) is -3.98. The second-order valence-corrected chi connectivity index (χ2v) is 8.59. The molecule has 1 aliphatic rings. The molecule has 1 saturated heterocycles. The van der Waals surface area contributed by atoms with Crippen LogP contribution in [0.5, 0.6) is 0 Å². The molecule has 0 aliphatic carbocycles. The predicted octanol–water partition coefficient (Wildman–Crippen LogP) is 1.99. The molecule has 29 heavy (non-hydrogen) atoms. The van der Waals surface area contributed by atoms with Crippen LogP contribution in [0.4, 0.5) is 0 Å². The molecular weight excluding hydrogens is 394 g/mol. The van der Waals surface area contributed by atoms with E-state index in [2.05, 4.69) is 4.72 Å². The third kappa shape index (κ3) is 4.83. The van der Waals surface area contributed by atoms with Crippen molar-refractivity contribution in [1.29, 1.82) is 0 Å². The third-order valence-electron chi connectivity index (χ3n) is 4.76. The van der Waals surface area contributed by atoms with Crippen LogP contribution < -0.4 is 4.72 Å². The number of benzene rings is 2. The molecule has 3 rings (SSSR count). The van der Waals surface area contributed by atoms with Gasteiger partial charge in [-0.1, -0.05) is 48.0 Å². The molecular formula is C21H23NO6S. The van der Waals surface area contributed by atoms with Gasteiger partial charge in [-0.25, -0.2) is 13.2 Å². The molecule has 1 aliphatic heterocycles. The summed E-state index contributed by atoms with van der Waals surface area (Å²) < 4.78 is 38.3. The first-order valence-corrected chi connectivity index (χ1v) is 10.8. The van der Waals surface area contributed by atoms with E-state index in [1.54, 1.807) is 19.1 Å². The third-order valence-corrected chi connectivity index (χ3v) is 6.22. The van der Waals surface area contributed by atoms with Crippen molar-refractivity contribution in [2.24, 2.45) is 5.92 Å². The number of aryl methyl sites for hydroxylation is 1. The Hall–Kier alpha value is -2.71. The predicted molar refractivity (Wildman–Crippen MR) is 105 cm³/mol. The fourth-order valence-corrected chi connectivity index (χ4v) is 4.52. The number of esters is 2. The Balaban J connectivity index is 1.90. The maximum atomic E-state index is 12.8. The molecule has 3 atom stereocenters. The highest BCUT2D eigenvalue weighted by molar-refractivity contribution is 7.89. The minimum absolute atomic E-state index is 0.0361. The highest BCUT2D eigenvalue weighted by Crippen LogP contribution is 2.29. The second kappa shape index (κ2) is 8.75. The van der Waals surface area contributed by atoms with Crippen LogP contribution in [0, 0.1) is 12.8 Å². The number of rotatable bonds is 7. The van der Waals surface area contributed by atoms with E-state index in [-0.39, 0.29) is 17.9 Å². The molecule has 2 aromatic rings. The molecule has 0 radical (unpaired) electrons. The van der Waals surface area contributed by atoms with Crippen molar-refractivity contribution in [3.8, 4) is 0 Å². The standard InChI is InChI=1S/C21H23NO6S/c1-3-27-21(24)19-17(13-15-7-5-4-6-8-15)18(20(23)28-19)22-29(25,26)16-11-9-14(2)10-12-16/h4-12,17-19,22H,3,13H2,1-2H3/t17-,18-,19-/m1/s1. The van der Waals surface area contributed by atoms with E-state index in [0.717, 1.165) is 11.1 Å². The first kappa shape index (κ1) is 21.0. The Morgan fingerprint density at radius 2 is 1.76 bits per heavy atom. The van der Waals surface area contributed by atoms with Gasteiger partial charge in [0.2, 0.25) is 16.1 Å². The Bertz CT molecular complexity index is 972. The van der Waals surface area contributed by atoms with Crippen molar-refractivity contribution in [3.63, 3.8) is 0 Å². The van der Waals surface area contributed by atoms with E-state index in [9.17, 15) is 18.0 Å². The largest absolute Gasteiger partial charge is 0.463 e. The van der Waals surface area contributed by atoms with Gasteiger partial charge in [0.1, 0.15) is 6.04 Å². The van der Waals surface area contributed by atoms with Crippen LogP contribution in [-0.4, -0.2) is 39.1 Å². The van der Waals surface area contributed by atoms with Crippen LogP contribution >= 0.6 is 0 Å². The van der Waals surface area contributed by atoms with Crippen LogP contribution in [0.15, 0.2) is 59.5 Å². The number of sulfonamides is 1. The molecule has 7 nitrogen and oxygen atoms in total. The lowest BCUT2D eigenvalue weighted by Gasteiger charge is -2.20. The number of ether oxygens (including phenoxy) is 2. The van der Waals surface area contributed by atoms with Crippen molar-refractivity contribution in [3.05, 3.63) is 65.7 Å². The number of carbonyl (C=O) groups is 2. The molecule has 0 unspecified atom stereocenters. The molecule has 2 aromatic carbocycles. The van der Waals surface area contributed by atoms with Gasteiger partial charge in [0, 0.05) is 5.92 Å². The summed E-state index contributed by atoms with van der Waals surface area (Å²) in [5.74, 6) is -2.21. The SMILES string of the molecule is CCOC(=O)[C@@H]1OC(=O)[C@H](NS(=O)(=O)c2ccc(C)cc2)[C@H]1Cc1ccccc1. The topological polar surface area (TPSA) is 98.8 Å². The number of cyclic esters (lactones) is 1. The Morgan fingerprint density at radius 1 is 1.10 bits per heavy atom. The average Bonchev–Trinajstić information content (AvgIpc) is 2.98. The average molecular weight is 417 g/mol. The number of nitrogens with one attached hydrogen (secondary N) is 1. The van der Waals surface area contributed by atoms with Gasteiger partial charge in [-0.05, 0) is 38.0 Å². The number of hydrogen-bond acceptors (Lipinski definition) is 6. The van der Waals surface area contributed by atoms with Gasteiger partial charge in [0.15, 0.2) is 0 Å². The molecule has 8 heteroatoms. The van der Waals surface area contributed by atoms with Gasteiger partial charge in [0.05, 0.1) is 11.5 Å². The Kier molecular flexibility index (Phi) is 6.34. The molecule has 0 amide bonds. The van der Waals surface area contributed by atoms with Crippen molar-refractivity contribution >= 4 is 22.0 Å². The zero-order valence-corrected chi connectivity index (χ0v) is 17.0. The summed E-state index contributed by atoms with van der Waals surface area (Å²) in [5.41, 5.74) is 1.76. The molecule has 154 valence electrons. The first-order valence-electron chi connectivity index (χ1n) is 9.32. The summed E-state index contributed by atoms with van der Waals surface area (Å²) in [4.78, 5) is 24.9. The van der Waals surface area contributed by atoms with Crippen LogP contribution in [0.3, 0.4) is 0 Å². The zero-order chi connectivity index (χ0) is 21.0. The van der Waals surface area contributed by atoms with Gasteiger partial charge in [-0.3, -0.25) is 4.79 Å². The maximum absolute atomic E-state index is 12.8. The molecule has 0 bridgehead atoms. The molecule has 1 heterocycles. The minimum atomic E-state index is -3.98. The molecule has 1 N–H and O–H groups in total. The van der Waals surface area contributed by atoms with E-state index in [1.807, 2.05) is 37.3 Å². The summed E-state index contributed by atoms with van der Waals surface area (Å²) in [6.45, 7) is 3.63. The lowest BCUT2D eigenvalue weighted by Crippen LogP contribution is -2.45. The zero-order valence-electron chi connectivity index (χ0n) is 16.2. The van der Waals surface area contributed by atoms with Crippen LogP contribution in [0.2, 0.25) is 0 Å². The Labute approximate surface area is 170 Å². The van der Waals surface area contributed by atoms with Crippen molar-refractivity contribution in [1.82, 2.24) is 4.72 Å². The summed E-state index contributed by atoms with van der Waals surface area (Å²) in [5, 5.41) is 0. The van der Waals surface area contributed by atoms with Crippen LogP contribution in [0.1, 0.15) is 18.1 Å². The van der Waals surface area contributed by atoms with Gasteiger partial charge in [-0.15, -0.1) is 0 Å². The van der Waals surface area contributed by atoms with Gasteiger partial charge in [-0.2, -0.15) is 4.72 Å². The molecule has 0 saturated carbocycles. The molecule has 1 fully saturated rings. The fourth-order valence-electron chi connectivity index (χ4n) is 3.28. The van der Waals surface area contributed by atoms with Crippen molar-refractivity contribution in [2.45, 2.75) is 37.3 Å². The van der Waals surface area contributed by atoms with E-state index >= 15 is 0 Å². The molecule has 0 aromatic heterocycles. The van der Waals surface area contributed by atoms with Crippen molar-refractivity contribution in [2.75, 3.05) is 6.61 Å². The normalized spacial score (nSPS) is 21.6. The smallest absolute Gasteiger partial charge is 0.347 e. The van der Waals surface area contributed by atoms with Crippen molar-refractivity contribution < 1.29 is 27.5 Å². The van der Waals surface area contributed by atoms with Gasteiger partial charge < -0.3 is 9.47 Å². The lowest BCUT2D eigenvalue weighted by molar-refractivity contribution is -0.162. The highest BCUT2D eigenvalue weighted by Gasteiger charge is 2.50. The van der Waals surface area contributed by atoms with Gasteiger partial charge in [0.25, 0.3) is 0 Å². The quantitative estimate of drug-likeness (QED) is 0.692. The van der Waals surface area contributed by atoms with E-state index in [1.165, 1.54) is 12.1 Å². The monoisotopic (exact) mass is 417 g/mol. The highest BCUT2D eigenvalue weighted by atomic mass is 32.2. The minimum Gasteiger partial charge on any atom is -0.463 e. The number of hydrogen-bond donors (Lipinski definition) is 1. The van der Waals surface area contributed by atoms with Crippen LogP contribution in [0.25, 0.3) is 0 Å². The number of carbonyl (C=O) groups excluding carboxylic acids is 2. The molecule has 0 spiro atoms. The first-order chi connectivity index (χ1) is 13.8. The maximum Gasteiger partial charge on any atom is 0.347 e. The lowest BCUT2D eigenvalue weighted by atomic mass is 9.90. The summed E-state index contributed by atoms with van der Waals surface area (Å²) >= 11 is 0. The summed E-state index contributed by atoms with van der Waals surface area (Å²) in [6.07, 6.45) is -0.898. The fraction of sp³-hybridized carbons (Fsp3) is 0.333. The van der Waals surface area contributed by atoms with Crippen LogP contribution in [-0.2, 0) is 35.5 Å².